The summed E-state index contributed by atoms with van der Waals surface area (Å²) in [5.74, 6) is -3.45. The van der Waals surface area contributed by atoms with E-state index in [1.807, 2.05) is 26.1 Å². The molecule has 1 unspecified atom stereocenters. The number of carbonyl (C=O) groups excluding carboxylic acids is 3. The fourth-order valence-corrected chi connectivity index (χ4v) is 4.16. The lowest BCUT2D eigenvalue weighted by Gasteiger charge is -2.33. The van der Waals surface area contributed by atoms with E-state index in [1.165, 1.54) is 19.1 Å². The second-order valence-corrected chi connectivity index (χ2v) is 9.42. The molecule has 0 aliphatic carbocycles. The largest absolute Gasteiger partial charge is 0.425 e. The van der Waals surface area contributed by atoms with E-state index >= 15 is 0 Å². The minimum absolute atomic E-state index is 0.0495. The molecule has 0 radical (unpaired) electrons. The number of halogens is 3. The summed E-state index contributed by atoms with van der Waals surface area (Å²) < 4.78 is 43.8. The summed E-state index contributed by atoms with van der Waals surface area (Å²) in [6, 6.07) is 14.6. The Kier molecular flexibility index (Phi) is 6.48. The highest BCUT2D eigenvalue weighted by Crippen LogP contribution is 2.45. The summed E-state index contributed by atoms with van der Waals surface area (Å²) in [5.41, 5.74) is -3.18. The van der Waals surface area contributed by atoms with Crippen molar-refractivity contribution in [3.05, 3.63) is 82.6 Å². The zero-order valence-electron chi connectivity index (χ0n) is 19.7. The third kappa shape index (κ3) is 4.36. The van der Waals surface area contributed by atoms with Gasteiger partial charge in [-0.2, -0.15) is 13.2 Å². The molecule has 2 aromatic rings. The summed E-state index contributed by atoms with van der Waals surface area (Å²) in [4.78, 5) is 39.7. The fourth-order valence-electron chi connectivity index (χ4n) is 4.16. The quantitative estimate of drug-likeness (QED) is 0.672. The topological polar surface area (TPSA) is 66.5 Å². The molecule has 1 heterocycles. The molecular formula is C26H27F3N2O3. The minimum Gasteiger partial charge on any atom is -0.326 e. The Bertz CT molecular complexity index is 1150. The van der Waals surface area contributed by atoms with E-state index in [4.69, 9.17) is 0 Å². The van der Waals surface area contributed by atoms with Crippen LogP contribution in [0, 0.1) is 0 Å². The van der Waals surface area contributed by atoms with E-state index in [2.05, 4.69) is 0 Å². The predicted molar refractivity (Wildman–Crippen MR) is 122 cm³/mol. The highest BCUT2D eigenvalue weighted by atomic mass is 19.4. The number of nitrogens with zero attached hydrogens (tertiary/aromatic N) is 1. The van der Waals surface area contributed by atoms with Gasteiger partial charge >= 0.3 is 6.18 Å². The van der Waals surface area contributed by atoms with Crippen molar-refractivity contribution in [1.82, 2.24) is 10.2 Å². The second-order valence-electron chi connectivity index (χ2n) is 9.42. The van der Waals surface area contributed by atoms with Crippen molar-refractivity contribution < 1.29 is 27.6 Å². The summed E-state index contributed by atoms with van der Waals surface area (Å²) in [6.45, 7) is 7.97. The highest BCUT2D eigenvalue weighted by molar-refractivity contribution is 6.13. The Hall–Kier alpha value is -3.42. The third-order valence-corrected chi connectivity index (χ3v) is 5.98. The van der Waals surface area contributed by atoms with Gasteiger partial charge in [-0.05, 0) is 42.5 Å². The number of rotatable bonds is 5. The second kappa shape index (κ2) is 8.74. The molecule has 1 atom stereocenters. The normalized spacial score (nSPS) is 18.9. The maximum Gasteiger partial charge on any atom is 0.425 e. The average Bonchev–Trinajstić information content (AvgIpc) is 2.96. The molecule has 5 nitrogen and oxygen atoms in total. The number of hydrogen-bond acceptors (Lipinski definition) is 3. The Balaban J connectivity index is 2.06. The number of allylic oxidation sites excluding steroid dienone is 1. The molecule has 1 aliphatic heterocycles. The SMILES string of the molecule is CC(=O)C1=C(C)N(Cc2ccccc2)C(=O)C1(NC(=O)c1ccc(C(C)(C)C)cc1)C(F)(F)F. The number of hydrogen-bond donors (Lipinski definition) is 1. The lowest BCUT2D eigenvalue weighted by Crippen LogP contribution is -2.66. The van der Waals surface area contributed by atoms with Crippen LogP contribution in [0.15, 0.2) is 65.9 Å². The van der Waals surface area contributed by atoms with Crippen molar-refractivity contribution in [3.63, 3.8) is 0 Å². The van der Waals surface area contributed by atoms with Crippen LogP contribution in [0.25, 0.3) is 0 Å². The Morgan fingerprint density at radius 2 is 1.53 bits per heavy atom. The molecule has 0 saturated heterocycles. The van der Waals surface area contributed by atoms with Crippen molar-refractivity contribution in [2.24, 2.45) is 0 Å². The van der Waals surface area contributed by atoms with Crippen molar-refractivity contribution in [2.45, 2.75) is 58.3 Å². The van der Waals surface area contributed by atoms with Crippen LogP contribution in [0.3, 0.4) is 0 Å². The molecular weight excluding hydrogens is 445 g/mol. The average molecular weight is 473 g/mol. The minimum atomic E-state index is -5.25. The molecule has 1 aliphatic rings. The lowest BCUT2D eigenvalue weighted by atomic mass is 9.85. The van der Waals surface area contributed by atoms with Gasteiger partial charge in [0.05, 0.1) is 12.1 Å². The van der Waals surface area contributed by atoms with Gasteiger partial charge in [0.2, 0.25) is 5.54 Å². The highest BCUT2D eigenvalue weighted by Gasteiger charge is 2.69. The maximum absolute atomic E-state index is 14.6. The molecule has 3 rings (SSSR count). The Labute approximate surface area is 196 Å². The van der Waals surface area contributed by atoms with Gasteiger partial charge in [-0.15, -0.1) is 0 Å². The predicted octanol–water partition coefficient (Wildman–Crippen LogP) is 4.92. The lowest BCUT2D eigenvalue weighted by molar-refractivity contribution is -0.190. The van der Waals surface area contributed by atoms with Crippen LogP contribution < -0.4 is 5.32 Å². The molecule has 0 bridgehead atoms. The zero-order valence-corrected chi connectivity index (χ0v) is 19.7. The summed E-state index contributed by atoms with van der Waals surface area (Å²) in [6.07, 6.45) is -5.25. The number of ketones is 1. The van der Waals surface area contributed by atoms with Crippen molar-refractivity contribution in [2.75, 3.05) is 0 Å². The van der Waals surface area contributed by atoms with Gasteiger partial charge in [0.25, 0.3) is 11.8 Å². The van der Waals surface area contributed by atoms with E-state index in [9.17, 15) is 27.6 Å². The summed E-state index contributed by atoms with van der Waals surface area (Å²) >= 11 is 0. The van der Waals surface area contributed by atoms with Gasteiger partial charge in [-0.1, -0.05) is 63.2 Å². The summed E-state index contributed by atoms with van der Waals surface area (Å²) in [5, 5.41) is 1.90. The number of benzene rings is 2. The van der Waals surface area contributed by atoms with Crippen LogP contribution in [-0.2, 0) is 21.5 Å². The van der Waals surface area contributed by atoms with Gasteiger partial charge < -0.3 is 10.2 Å². The third-order valence-electron chi connectivity index (χ3n) is 5.98. The van der Waals surface area contributed by atoms with Crippen LogP contribution >= 0.6 is 0 Å². The molecule has 0 aromatic heterocycles. The van der Waals surface area contributed by atoms with Crippen LogP contribution in [-0.4, -0.2) is 34.2 Å². The number of amides is 2. The van der Waals surface area contributed by atoms with Crippen molar-refractivity contribution in [3.8, 4) is 0 Å². The van der Waals surface area contributed by atoms with E-state index in [0.29, 0.717) is 5.56 Å². The van der Waals surface area contributed by atoms with Crippen molar-refractivity contribution in [1.29, 1.82) is 0 Å². The molecule has 8 heteroatoms. The molecule has 1 N–H and O–H groups in total. The monoisotopic (exact) mass is 472 g/mol. The fraction of sp³-hybridized carbons (Fsp3) is 0.346. The molecule has 0 saturated carbocycles. The summed E-state index contributed by atoms with van der Waals surface area (Å²) in [7, 11) is 0. The van der Waals surface area contributed by atoms with Gasteiger partial charge in [-0.25, -0.2) is 0 Å². The first kappa shape index (κ1) is 25.2. The maximum atomic E-state index is 14.6. The van der Waals surface area contributed by atoms with Gasteiger partial charge in [-0.3, -0.25) is 14.4 Å². The van der Waals surface area contributed by atoms with E-state index in [1.54, 1.807) is 42.5 Å². The molecule has 180 valence electrons. The molecule has 2 amide bonds. The Morgan fingerprint density at radius 3 is 2.00 bits per heavy atom. The Morgan fingerprint density at radius 1 is 0.971 bits per heavy atom. The van der Waals surface area contributed by atoms with Gasteiger partial charge in [0.15, 0.2) is 5.78 Å². The van der Waals surface area contributed by atoms with E-state index in [-0.39, 0.29) is 23.2 Å². The smallest absolute Gasteiger partial charge is 0.326 e. The van der Waals surface area contributed by atoms with Crippen LogP contribution in [0.4, 0.5) is 13.2 Å². The number of Topliss-reactive ketones (excluding diaryl/α,β-unsaturated/α-hetero) is 1. The standard InChI is InChI=1S/C26H27F3N2O3/c1-16-21(17(2)32)25(26(27,28)29,23(34)31(16)15-18-9-7-6-8-10-18)30-22(33)19-11-13-20(14-12-19)24(3,4)5/h6-14H,15H2,1-5H3,(H,30,33). The number of alkyl halides is 3. The molecule has 0 fully saturated rings. The van der Waals surface area contributed by atoms with E-state index < -0.39 is 34.9 Å². The molecule has 0 spiro atoms. The van der Waals surface area contributed by atoms with Gasteiger partial charge in [0, 0.05) is 11.3 Å². The van der Waals surface area contributed by atoms with Crippen LogP contribution in [0.5, 0.6) is 0 Å². The molecule has 34 heavy (non-hydrogen) atoms. The van der Waals surface area contributed by atoms with E-state index in [0.717, 1.165) is 17.4 Å². The first-order valence-electron chi connectivity index (χ1n) is 10.8. The number of carbonyl (C=O) groups is 3. The molecule has 2 aromatic carbocycles. The van der Waals surface area contributed by atoms with Gasteiger partial charge in [0.1, 0.15) is 0 Å². The number of nitrogens with one attached hydrogen (secondary N) is 1. The van der Waals surface area contributed by atoms with Crippen LogP contribution in [0.1, 0.15) is 56.1 Å². The zero-order chi connectivity index (χ0) is 25.5. The van der Waals surface area contributed by atoms with Crippen molar-refractivity contribution >= 4 is 17.6 Å². The van der Waals surface area contributed by atoms with Crippen LogP contribution in [0.2, 0.25) is 0 Å². The first-order chi connectivity index (χ1) is 15.7. The first-order valence-corrected chi connectivity index (χ1v) is 10.8.